The van der Waals surface area contributed by atoms with Crippen molar-refractivity contribution in [2.24, 2.45) is 5.92 Å². The zero-order chi connectivity index (χ0) is 20.8. The molecule has 0 atom stereocenters. The van der Waals surface area contributed by atoms with Gasteiger partial charge < -0.3 is 15.0 Å². The van der Waals surface area contributed by atoms with E-state index in [2.05, 4.69) is 25.1 Å². The molecule has 4 rings (SSSR count). The van der Waals surface area contributed by atoms with E-state index in [4.69, 9.17) is 16.3 Å². The molecule has 2 aliphatic heterocycles. The Labute approximate surface area is 182 Å². The number of nitrogens with one attached hydrogen (secondary N) is 1. The van der Waals surface area contributed by atoms with Gasteiger partial charge in [-0.3, -0.25) is 9.69 Å². The van der Waals surface area contributed by atoms with Crippen LogP contribution in [0.2, 0.25) is 5.02 Å². The number of ether oxygens (including phenoxy) is 1. The summed E-state index contributed by atoms with van der Waals surface area (Å²) in [4.78, 5) is 26.1. The summed E-state index contributed by atoms with van der Waals surface area (Å²) in [6, 6.07) is 7.65. The van der Waals surface area contributed by atoms with Gasteiger partial charge in [0.25, 0.3) is 0 Å². The van der Waals surface area contributed by atoms with Gasteiger partial charge in [0.2, 0.25) is 11.9 Å². The Morgan fingerprint density at radius 1 is 1.03 bits per heavy atom. The molecule has 2 aliphatic rings. The number of nitrogens with zero attached hydrogens (tertiary/aromatic N) is 4. The summed E-state index contributed by atoms with van der Waals surface area (Å²) < 4.78 is 5.35. The molecule has 160 valence electrons. The molecular formula is C22H28ClN5O2. The molecule has 1 N–H and O–H groups in total. The predicted octanol–water partition coefficient (Wildman–Crippen LogP) is 2.46. The molecule has 1 aromatic heterocycles. The van der Waals surface area contributed by atoms with E-state index in [1.165, 1.54) is 0 Å². The third-order valence-corrected chi connectivity index (χ3v) is 6.05. The zero-order valence-electron chi connectivity index (χ0n) is 17.1. The molecule has 2 aromatic rings. The van der Waals surface area contributed by atoms with Crippen molar-refractivity contribution in [1.82, 2.24) is 20.2 Å². The van der Waals surface area contributed by atoms with Gasteiger partial charge in [-0.2, -0.15) is 0 Å². The van der Waals surface area contributed by atoms with Gasteiger partial charge in [0, 0.05) is 68.2 Å². The van der Waals surface area contributed by atoms with Crippen LogP contribution in [0.3, 0.4) is 0 Å². The minimum atomic E-state index is 0.0688. The Balaban J connectivity index is 1.22. The van der Waals surface area contributed by atoms with Crippen molar-refractivity contribution < 1.29 is 9.53 Å². The fourth-order valence-corrected chi connectivity index (χ4v) is 4.05. The largest absolute Gasteiger partial charge is 0.379 e. The molecule has 2 saturated heterocycles. The summed E-state index contributed by atoms with van der Waals surface area (Å²) >= 11 is 5.95. The van der Waals surface area contributed by atoms with E-state index in [0.29, 0.717) is 11.6 Å². The molecule has 0 bridgehead atoms. The third kappa shape index (κ3) is 5.47. The molecule has 1 aromatic carbocycles. The molecule has 0 aliphatic carbocycles. The van der Waals surface area contributed by atoms with E-state index >= 15 is 0 Å². The zero-order valence-corrected chi connectivity index (χ0v) is 17.9. The Kier molecular flexibility index (Phi) is 7.15. The summed E-state index contributed by atoms with van der Waals surface area (Å²) in [6.45, 7) is 6.65. The number of rotatable bonds is 6. The number of carbonyl (C=O) groups excluding carboxylic acids is 1. The highest BCUT2D eigenvalue weighted by Gasteiger charge is 2.26. The van der Waals surface area contributed by atoms with Crippen LogP contribution in [0.1, 0.15) is 12.8 Å². The summed E-state index contributed by atoms with van der Waals surface area (Å²) in [5.74, 6) is 0.958. The normalized spacial score (nSPS) is 18.4. The monoisotopic (exact) mass is 429 g/mol. The molecule has 0 unspecified atom stereocenters. The van der Waals surface area contributed by atoms with E-state index in [-0.39, 0.29) is 11.8 Å². The third-order valence-electron chi connectivity index (χ3n) is 5.80. The van der Waals surface area contributed by atoms with Gasteiger partial charge in [-0.15, -0.1) is 0 Å². The van der Waals surface area contributed by atoms with Gasteiger partial charge in [0.15, 0.2) is 0 Å². The van der Waals surface area contributed by atoms with Crippen molar-refractivity contribution in [3.05, 3.63) is 41.7 Å². The maximum Gasteiger partial charge on any atom is 0.225 e. The number of halogens is 1. The quantitative estimate of drug-likeness (QED) is 0.760. The van der Waals surface area contributed by atoms with Gasteiger partial charge in [0.1, 0.15) is 0 Å². The van der Waals surface area contributed by atoms with Gasteiger partial charge in [-0.05, 0) is 30.5 Å². The van der Waals surface area contributed by atoms with E-state index in [9.17, 15) is 4.79 Å². The lowest BCUT2D eigenvalue weighted by atomic mass is 9.96. The van der Waals surface area contributed by atoms with Crippen LogP contribution in [0, 0.1) is 5.92 Å². The molecule has 30 heavy (non-hydrogen) atoms. The summed E-state index contributed by atoms with van der Waals surface area (Å²) in [7, 11) is 0. The van der Waals surface area contributed by atoms with Gasteiger partial charge in [0.05, 0.1) is 13.2 Å². The van der Waals surface area contributed by atoms with Crippen molar-refractivity contribution in [1.29, 1.82) is 0 Å². The fraction of sp³-hybridized carbons (Fsp3) is 0.500. The van der Waals surface area contributed by atoms with Crippen molar-refractivity contribution >= 4 is 23.5 Å². The van der Waals surface area contributed by atoms with Gasteiger partial charge >= 0.3 is 0 Å². The smallest absolute Gasteiger partial charge is 0.225 e. The van der Waals surface area contributed by atoms with Gasteiger partial charge in [-0.25, -0.2) is 9.97 Å². The highest BCUT2D eigenvalue weighted by atomic mass is 35.5. The Bertz CT molecular complexity index is 816. The number of anilines is 1. The maximum absolute atomic E-state index is 12.5. The molecule has 7 nitrogen and oxygen atoms in total. The number of benzene rings is 1. The Hall–Kier alpha value is -2.22. The van der Waals surface area contributed by atoms with E-state index < -0.39 is 0 Å². The standard InChI is InChI=1S/C22H28ClN5O2/c23-20-3-1-17(2-4-20)19-15-25-22(26-16-19)28-8-5-18(6-9-28)21(29)24-7-10-27-11-13-30-14-12-27/h1-4,15-16,18H,5-14H2,(H,24,29). The number of aromatic nitrogens is 2. The topological polar surface area (TPSA) is 70.6 Å². The van der Waals surface area contributed by atoms with Crippen LogP contribution in [0.25, 0.3) is 11.1 Å². The Morgan fingerprint density at radius 2 is 1.70 bits per heavy atom. The molecule has 0 spiro atoms. The van der Waals surface area contributed by atoms with Crippen LogP contribution in [0.15, 0.2) is 36.7 Å². The number of hydrogen-bond acceptors (Lipinski definition) is 6. The first-order chi connectivity index (χ1) is 14.7. The molecule has 3 heterocycles. The van der Waals surface area contributed by atoms with E-state index in [0.717, 1.165) is 75.9 Å². The van der Waals surface area contributed by atoms with E-state index in [1.54, 1.807) is 0 Å². The SMILES string of the molecule is O=C(NCCN1CCOCC1)C1CCN(c2ncc(-c3ccc(Cl)cc3)cn2)CC1. The summed E-state index contributed by atoms with van der Waals surface area (Å²) in [5.41, 5.74) is 2.00. The Morgan fingerprint density at radius 3 is 2.37 bits per heavy atom. The van der Waals surface area contributed by atoms with Crippen LogP contribution in [0.4, 0.5) is 5.95 Å². The summed E-state index contributed by atoms with van der Waals surface area (Å²) in [6.07, 6.45) is 5.34. The fourth-order valence-electron chi connectivity index (χ4n) is 3.92. The first kappa shape index (κ1) is 21.0. The highest BCUT2D eigenvalue weighted by Crippen LogP contribution is 2.24. The molecular weight excluding hydrogens is 402 g/mol. The molecule has 8 heteroatoms. The van der Waals surface area contributed by atoms with Crippen molar-refractivity contribution in [2.45, 2.75) is 12.8 Å². The van der Waals surface area contributed by atoms with Crippen LogP contribution >= 0.6 is 11.6 Å². The molecule has 1 amide bonds. The van der Waals surface area contributed by atoms with E-state index in [1.807, 2.05) is 36.7 Å². The number of morpholine rings is 1. The first-order valence-electron chi connectivity index (χ1n) is 10.6. The van der Waals surface area contributed by atoms with Crippen molar-refractivity contribution in [2.75, 3.05) is 57.4 Å². The first-order valence-corrected chi connectivity index (χ1v) is 11.0. The second-order valence-corrected chi connectivity index (χ2v) is 8.22. The number of carbonyl (C=O) groups is 1. The number of hydrogen-bond donors (Lipinski definition) is 1. The maximum atomic E-state index is 12.5. The number of piperidine rings is 1. The predicted molar refractivity (Wildman–Crippen MR) is 118 cm³/mol. The van der Waals surface area contributed by atoms with Crippen LogP contribution in [0.5, 0.6) is 0 Å². The lowest BCUT2D eigenvalue weighted by molar-refractivity contribution is -0.125. The molecule has 2 fully saturated rings. The van der Waals surface area contributed by atoms with Crippen molar-refractivity contribution in [3.63, 3.8) is 0 Å². The summed E-state index contributed by atoms with van der Waals surface area (Å²) in [5, 5.41) is 3.82. The molecule has 0 saturated carbocycles. The minimum Gasteiger partial charge on any atom is -0.379 e. The highest BCUT2D eigenvalue weighted by molar-refractivity contribution is 6.30. The van der Waals surface area contributed by atoms with Crippen molar-refractivity contribution in [3.8, 4) is 11.1 Å². The van der Waals surface area contributed by atoms with Crippen LogP contribution in [-0.4, -0.2) is 73.3 Å². The lowest BCUT2D eigenvalue weighted by Crippen LogP contribution is -2.44. The van der Waals surface area contributed by atoms with Crippen LogP contribution in [-0.2, 0) is 9.53 Å². The second kappa shape index (κ2) is 10.2. The average Bonchev–Trinajstić information content (AvgIpc) is 2.80. The van der Waals surface area contributed by atoms with Crippen LogP contribution < -0.4 is 10.2 Å². The minimum absolute atomic E-state index is 0.0688. The van der Waals surface area contributed by atoms with Gasteiger partial charge in [-0.1, -0.05) is 23.7 Å². The lowest BCUT2D eigenvalue weighted by Gasteiger charge is -2.31. The molecule has 0 radical (unpaired) electrons. The average molecular weight is 430 g/mol. The number of amides is 1. The second-order valence-electron chi connectivity index (χ2n) is 7.78.